The van der Waals surface area contributed by atoms with Crippen LogP contribution in [0, 0.1) is 0 Å². The summed E-state index contributed by atoms with van der Waals surface area (Å²) in [5.41, 5.74) is 0.973. The lowest BCUT2D eigenvalue weighted by Gasteiger charge is -2.13. The van der Waals surface area contributed by atoms with Gasteiger partial charge in [0.25, 0.3) is 0 Å². The molecule has 0 saturated heterocycles. The first kappa shape index (κ1) is 15.2. The molecule has 0 bridgehead atoms. The molecule has 2 aromatic heterocycles. The summed E-state index contributed by atoms with van der Waals surface area (Å²) in [4.78, 5) is 3.69. The second-order valence-electron chi connectivity index (χ2n) is 5.39. The molecular weight excluding hydrogens is 270 g/mol. The number of hydrogen-bond donors (Lipinski definition) is 1. The van der Waals surface area contributed by atoms with Crippen LogP contribution in [0.5, 0.6) is 0 Å². The van der Waals surface area contributed by atoms with Gasteiger partial charge in [-0.25, -0.2) is 0 Å². The molecule has 0 aromatic carbocycles. The number of hydrogen-bond acceptors (Lipinski definition) is 5. The summed E-state index contributed by atoms with van der Waals surface area (Å²) >= 11 is 1.81. The summed E-state index contributed by atoms with van der Waals surface area (Å²) in [6.07, 6.45) is 1.09. The third-order valence-electron chi connectivity index (χ3n) is 3.04. The molecule has 0 amide bonds. The van der Waals surface area contributed by atoms with Crippen LogP contribution in [0.4, 0.5) is 0 Å². The average Bonchev–Trinajstić information content (AvgIpc) is 3.05. The lowest BCUT2D eigenvalue weighted by molar-refractivity contribution is 0.274. The molecule has 0 saturated carbocycles. The van der Waals surface area contributed by atoms with Gasteiger partial charge in [0.15, 0.2) is 5.76 Å². The molecule has 0 atom stereocenters. The van der Waals surface area contributed by atoms with Crippen molar-refractivity contribution in [1.29, 1.82) is 0 Å². The van der Waals surface area contributed by atoms with E-state index >= 15 is 0 Å². The minimum absolute atomic E-state index is 0.462. The van der Waals surface area contributed by atoms with Gasteiger partial charge in [0.1, 0.15) is 0 Å². The number of likely N-dealkylation sites (N-methyl/N-ethyl adjacent to an activating group) is 1. The molecule has 4 nitrogen and oxygen atoms in total. The molecule has 0 spiro atoms. The molecule has 0 aliphatic rings. The third-order valence-corrected chi connectivity index (χ3v) is 3.98. The van der Waals surface area contributed by atoms with Gasteiger partial charge in [0.2, 0.25) is 0 Å². The van der Waals surface area contributed by atoms with Crippen LogP contribution in [-0.4, -0.2) is 29.7 Å². The van der Waals surface area contributed by atoms with Gasteiger partial charge in [-0.15, -0.1) is 11.3 Å². The Morgan fingerprint density at radius 3 is 3.00 bits per heavy atom. The maximum Gasteiger partial charge on any atom is 0.151 e. The predicted octanol–water partition coefficient (Wildman–Crippen LogP) is 2.91. The molecule has 0 aliphatic carbocycles. The molecule has 0 unspecified atom stereocenters. The maximum absolute atomic E-state index is 5.38. The zero-order valence-electron chi connectivity index (χ0n) is 12.4. The maximum atomic E-state index is 5.38. The Hall–Kier alpha value is -1.17. The van der Waals surface area contributed by atoms with Crippen LogP contribution in [0.15, 0.2) is 28.1 Å². The smallest absolute Gasteiger partial charge is 0.151 e. The molecule has 0 radical (unpaired) electrons. The second-order valence-corrected chi connectivity index (χ2v) is 6.42. The summed E-state index contributed by atoms with van der Waals surface area (Å²) in [6.45, 7) is 6.85. The number of thiophene rings is 1. The van der Waals surface area contributed by atoms with Crippen molar-refractivity contribution in [3.05, 3.63) is 39.9 Å². The fourth-order valence-corrected chi connectivity index (χ4v) is 2.62. The highest BCUT2D eigenvalue weighted by atomic mass is 32.1. The Kier molecular flexibility index (Phi) is 5.76. The normalized spacial score (nSPS) is 11.7. The average molecular weight is 293 g/mol. The highest BCUT2D eigenvalue weighted by molar-refractivity contribution is 7.09. The predicted molar refractivity (Wildman–Crippen MR) is 82.8 cm³/mol. The zero-order chi connectivity index (χ0) is 14.4. The van der Waals surface area contributed by atoms with E-state index in [9.17, 15) is 0 Å². The summed E-state index contributed by atoms with van der Waals surface area (Å²) in [6, 6.07) is 6.79. The first-order valence-corrected chi connectivity index (χ1v) is 7.90. The summed E-state index contributed by atoms with van der Waals surface area (Å²) < 4.78 is 5.38. The SMILES string of the molecule is CC(C)NCc1cc(CN(C)CCc2cccs2)on1. The van der Waals surface area contributed by atoms with E-state index in [1.807, 2.05) is 17.4 Å². The minimum atomic E-state index is 0.462. The van der Waals surface area contributed by atoms with Gasteiger partial charge in [0, 0.05) is 30.1 Å². The van der Waals surface area contributed by atoms with Crippen molar-refractivity contribution in [3.8, 4) is 0 Å². The van der Waals surface area contributed by atoms with Crippen LogP contribution in [0.2, 0.25) is 0 Å². The van der Waals surface area contributed by atoms with Crippen LogP contribution >= 0.6 is 11.3 Å². The summed E-state index contributed by atoms with van der Waals surface area (Å²) in [5, 5.41) is 9.55. The van der Waals surface area contributed by atoms with Crippen molar-refractivity contribution >= 4 is 11.3 Å². The van der Waals surface area contributed by atoms with Crippen LogP contribution in [0.25, 0.3) is 0 Å². The summed E-state index contributed by atoms with van der Waals surface area (Å²) in [7, 11) is 2.11. The summed E-state index contributed by atoms with van der Waals surface area (Å²) in [5.74, 6) is 0.930. The van der Waals surface area contributed by atoms with E-state index in [0.29, 0.717) is 6.04 Å². The number of nitrogens with zero attached hydrogens (tertiary/aromatic N) is 2. The molecule has 20 heavy (non-hydrogen) atoms. The highest BCUT2D eigenvalue weighted by Crippen LogP contribution is 2.11. The largest absolute Gasteiger partial charge is 0.360 e. The van der Waals surface area contributed by atoms with E-state index in [1.54, 1.807) is 0 Å². The van der Waals surface area contributed by atoms with Crippen LogP contribution in [0.3, 0.4) is 0 Å². The Labute approximate surface area is 124 Å². The van der Waals surface area contributed by atoms with E-state index in [2.05, 4.69) is 53.8 Å². The van der Waals surface area contributed by atoms with Gasteiger partial charge in [-0.2, -0.15) is 0 Å². The van der Waals surface area contributed by atoms with Crippen molar-refractivity contribution in [2.45, 2.75) is 39.4 Å². The van der Waals surface area contributed by atoms with Gasteiger partial charge in [-0.3, -0.25) is 4.90 Å². The molecule has 2 rings (SSSR count). The van der Waals surface area contributed by atoms with E-state index in [-0.39, 0.29) is 0 Å². The lowest BCUT2D eigenvalue weighted by atomic mass is 10.3. The quantitative estimate of drug-likeness (QED) is 0.812. The molecule has 2 heterocycles. The van der Waals surface area contributed by atoms with E-state index < -0.39 is 0 Å². The zero-order valence-corrected chi connectivity index (χ0v) is 13.2. The third kappa shape index (κ3) is 5.07. The van der Waals surface area contributed by atoms with Gasteiger partial charge in [-0.05, 0) is 24.9 Å². The molecule has 110 valence electrons. The number of nitrogens with one attached hydrogen (secondary N) is 1. The molecule has 0 aliphatic heterocycles. The van der Waals surface area contributed by atoms with Crippen molar-refractivity contribution in [2.24, 2.45) is 0 Å². The monoisotopic (exact) mass is 293 g/mol. The fourth-order valence-electron chi connectivity index (χ4n) is 1.92. The topological polar surface area (TPSA) is 41.3 Å². The Balaban J connectivity index is 1.74. The van der Waals surface area contributed by atoms with Crippen molar-refractivity contribution in [1.82, 2.24) is 15.4 Å². The molecule has 5 heteroatoms. The Bertz CT molecular complexity index is 493. The van der Waals surface area contributed by atoms with E-state index in [0.717, 1.165) is 37.5 Å². The minimum Gasteiger partial charge on any atom is -0.360 e. The van der Waals surface area contributed by atoms with Gasteiger partial charge in [0.05, 0.1) is 12.2 Å². The van der Waals surface area contributed by atoms with E-state index in [4.69, 9.17) is 4.52 Å². The molecule has 1 N–H and O–H groups in total. The van der Waals surface area contributed by atoms with Gasteiger partial charge >= 0.3 is 0 Å². The molecule has 0 fully saturated rings. The highest BCUT2D eigenvalue weighted by Gasteiger charge is 2.08. The standard InChI is InChI=1S/C15H23N3OS/c1-12(2)16-10-13-9-14(19-17-13)11-18(3)7-6-15-5-4-8-20-15/h4-5,8-9,12,16H,6-7,10-11H2,1-3H3. The Morgan fingerprint density at radius 1 is 1.45 bits per heavy atom. The molecule has 2 aromatic rings. The number of rotatable bonds is 8. The van der Waals surface area contributed by atoms with Gasteiger partial charge in [-0.1, -0.05) is 25.1 Å². The van der Waals surface area contributed by atoms with Crippen LogP contribution in [0.1, 0.15) is 30.2 Å². The van der Waals surface area contributed by atoms with Crippen LogP contribution in [-0.2, 0) is 19.5 Å². The van der Waals surface area contributed by atoms with Gasteiger partial charge < -0.3 is 9.84 Å². The van der Waals surface area contributed by atoms with Crippen LogP contribution < -0.4 is 5.32 Å². The first-order valence-electron chi connectivity index (χ1n) is 7.02. The first-order chi connectivity index (χ1) is 9.63. The van der Waals surface area contributed by atoms with Crippen molar-refractivity contribution in [3.63, 3.8) is 0 Å². The van der Waals surface area contributed by atoms with E-state index in [1.165, 1.54) is 4.88 Å². The lowest BCUT2D eigenvalue weighted by Crippen LogP contribution is -2.22. The fraction of sp³-hybridized carbons (Fsp3) is 0.533. The number of aromatic nitrogens is 1. The second kappa shape index (κ2) is 7.57. The van der Waals surface area contributed by atoms with Crippen molar-refractivity contribution < 1.29 is 4.52 Å². The Morgan fingerprint density at radius 2 is 2.30 bits per heavy atom. The molecular formula is C15H23N3OS. The van der Waals surface area contributed by atoms with Crippen molar-refractivity contribution in [2.75, 3.05) is 13.6 Å².